The summed E-state index contributed by atoms with van der Waals surface area (Å²) in [6.45, 7) is 1.43. The normalized spacial score (nSPS) is 9.18. The van der Waals surface area contributed by atoms with Gasteiger partial charge in [0.1, 0.15) is 11.8 Å². The molecule has 3 nitrogen and oxygen atoms in total. The van der Waals surface area contributed by atoms with Crippen molar-refractivity contribution >= 4 is 18.1 Å². The van der Waals surface area contributed by atoms with E-state index in [4.69, 9.17) is 11.6 Å². The summed E-state index contributed by atoms with van der Waals surface area (Å²) in [5, 5.41) is 0.350. The van der Waals surface area contributed by atoms with Crippen LogP contribution >= 0.6 is 11.6 Å². The fourth-order valence-corrected chi connectivity index (χ4v) is 0.808. The van der Waals surface area contributed by atoms with Gasteiger partial charge in [-0.1, -0.05) is 17.7 Å². The van der Waals surface area contributed by atoms with E-state index < -0.39 is 0 Å². The molecule has 0 bridgehead atoms. The van der Waals surface area contributed by atoms with Gasteiger partial charge in [0.25, 0.3) is 0 Å². The van der Waals surface area contributed by atoms with E-state index in [1.165, 1.54) is 6.47 Å². The summed E-state index contributed by atoms with van der Waals surface area (Å²) < 4.78 is 4.37. The van der Waals surface area contributed by atoms with Crippen molar-refractivity contribution < 1.29 is 9.53 Å². The van der Waals surface area contributed by atoms with Crippen molar-refractivity contribution in [2.45, 2.75) is 6.61 Å². The van der Waals surface area contributed by atoms with Gasteiger partial charge in [0.05, 0.1) is 0 Å². The Kier molecular flexibility index (Phi) is 2.86. The van der Waals surface area contributed by atoms with Gasteiger partial charge in [0, 0.05) is 11.8 Å². The molecule has 0 spiro atoms. The van der Waals surface area contributed by atoms with Gasteiger partial charge in [0.2, 0.25) is 0 Å². The van der Waals surface area contributed by atoms with E-state index in [0.717, 1.165) is 0 Å². The Morgan fingerprint density at radius 1 is 1.73 bits per heavy atom. The van der Waals surface area contributed by atoms with Crippen molar-refractivity contribution in [1.82, 2.24) is 4.98 Å². The fourth-order valence-electron chi connectivity index (χ4n) is 0.634. The summed E-state index contributed by atoms with van der Waals surface area (Å²) in [6.07, 6.45) is 1.57. The number of hydrogen-bond donors (Lipinski definition) is 0. The SMILES string of the molecule is O=[C]OCc1cccnc1Cl. The molecule has 0 amide bonds. The van der Waals surface area contributed by atoms with E-state index >= 15 is 0 Å². The van der Waals surface area contributed by atoms with Crippen molar-refractivity contribution in [3.8, 4) is 0 Å². The van der Waals surface area contributed by atoms with Crippen LogP contribution in [0.1, 0.15) is 5.56 Å². The molecule has 4 heteroatoms. The topological polar surface area (TPSA) is 39.2 Å². The highest BCUT2D eigenvalue weighted by Gasteiger charge is 1.98. The van der Waals surface area contributed by atoms with Crippen LogP contribution in [0, 0.1) is 0 Å². The molecule has 1 aromatic heterocycles. The zero-order valence-corrected chi connectivity index (χ0v) is 6.34. The largest absolute Gasteiger partial charge is 0.452 e. The second kappa shape index (κ2) is 3.93. The van der Waals surface area contributed by atoms with Crippen LogP contribution in [0.25, 0.3) is 0 Å². The summed E-state index contributed by atoms with van der Waals surface area (Å²) in [5.74, 6) is 0. The van der Waals surface area contributed by atoms with Gasteiger partial charge in [-0.2, -0.15) is 0 Å². The van der Waals surface area contributed by atoms with E-state index in [-0.39, 0.29) is 6.61 Å². The zero-order chi connectivity index (χ0) is 8.10. The summed E-state index contributed by atoms with van der Waals surface area (Å²) in [7, 11) is 0. The summed E-state index contributed by atoms with van der Waals surface area (Å²) >= 11 is 5.64. The lowest BCUT2D eigenvalue weighted by molar-refractivity contribution is 0.267. The first-order valence-electron chi connectivity index (χ1n) is 2.93. The maximum Gasteiger partial charge on any atom is 0.417 e. The molecule has 57 valence electrons. The van der Waals surface area contributed by atoms with Crippen molar-refractivity contribution in [3.63, 3.8) is 0 Å². The lowest BCUT2D eigenvalue weighted by Gasteiger charge is -1.98. The van der Waals surface area contributed by atoms with Crippen LogP contribution in [0.15, 0.2) is 18.3 Å². The van der Waals surface area contributed by atoms with Gasteiger partial charge in [-0.25, -0.2) is 9.78 Å². The first kappa shape index (κ1) is 8.01. The minimum atomic E-state index is 0.121. The van der Waals surface area contributed by atoms with Gasteiger partial charge in [-0.3, -0.25) is 0 Å². The Hall–Kier alpha value is -1.09. The summed E-state index contributed by atoms with van der Waals surface area (Å²) in [6, 6.07) is 3.45. The van der Waals surface area contributed by atoms with Gasteiger partial charge in [-0.05, 0) is 6.07 Å². The number of pyridine rings is 1. The molecule has 0 aliphatic heterocycles. The van der Waals surface area contributed by atoms with Crippen LogP contribution < -0.4 is 0 Å². The molecular formula is C7H5ClNO2. The second-order valence-electron chi connectivity index (χ2n) is 1.83. The maximum atomic E-state index is 9.68. The van der Waals surface area contributed by atoms with Crippen LogP contribution in [0.2, 0.25) is 5.15 Å². The predicted molar refractivity (Wildman–Crippen MR) is 39.7 cm³/mol. The third-order valence-electron chi connectivity index (χ3n) is 1.12. The summed E-state index contributed by atoms with van der Waals surface area (Å²) in [4.78, 5) is 13.5. The van der Waals surface area contributed by atoms with Gasteiger partial charge in [-0.15, -0.1) is 0 Å². The minimum Gasteiger partial charge on any atom is -0.452 e. The molecular weight excluding hydrogens is 166 g/mol. The molecule has 1 radical (unpaired) electrons. The van der Waals surface area contributed by atoms with E-state index in [1.807, 2.05) is 0 Å². The highest BCUT2D eigenvalue weighted by Crippen LogP contribution is 2.11. The van der Waals surface area contributed by atoms with Crippen LogP contribution in [-0.4, -0.2) is 11.5 Å². The highest BCUT2D eigenvalue weighted by molar-refractivity contribution is 6.30. The Morgan fingerprint density at radius 2 is 2.55 bits per heavy atom. The first-order chi connectivity index (χ1) is 5.34. The lowest BCUT2D eigenvalue weighted by atomic mass is 10.3. The van der Waals surface area contributed by atoms with Gasteiger partial charge in [0.15, 0.2) is 0 Å². The number of nitrogens with zero attached hydrogens (tertiary/aromatic N) is 1. The average Bonchev–Trinajstić information content (AvgIpc) is 2.03. The molecule has 0 aliphatic rings. The molecule has 0 atom stereocenters. The molecule has 0 aliphatic carbocycles. The number of rotatable bonds is 3. The van der Waals surface area contributed by atoms with Gasteiger partial charge >= 0.3 is 6.47 Å². The second-order valence-corrected chi connectivity index (χ2v) is 2.18. The summed E-state index contributed by atoms with van der Waals surface area (Å²) in [5.41, 5.74) is 0.678. The molecule has 0 unspecified atom stereocenters. The van der Waals surface area contributed by atoms with E-state index in [2.05, 4.69) is 9.72 Å². The van der Waals surface area contributed by atoms with Crippen molar-refractivity contribution in [1.29, 1.82) is 0 Å². The molecule has 1 aromatic rings. The average molecular weight is 171 g/mol. The lowest BCUT2D eigenvalue weighted by Crippen LogP contribution is -1.91. The first-order valence-corrected chi connectivity index (χ1v) is 3.30. The third-order valence-corrected chi connectivity index (χ3v) is 1.46. The Balaban J connectivity index is 2.69. The molecule has 11 heavy (non-hydrogen) atoms. The Morgan fingerprint density at radius 3 is 3.18 bits per heavy atom. The third kappa shape index (κ3) is 2.20. The van der Waals surface area contributed by atoms with Crippen LogP contribution in [0.4, 0.5) is 0 Å². The van der Waals surface area contributed by atoms with E-state index in [9.17, 15) is 4.79 Å². The number of hydrogen-bond acceptors (Lipinski definition) is 3. The quantitative estimate of drug-likeness (QED) is 0.643. The zero-order valence-electron chi connectivity index (χ0n) is 5.58. The Bertz CT molecular complexity index is 252. The Labute approximate surface area is 69.0 Å². The number of halogens is 1. The monoisotopic (exact) mass is 170 g/mol. The molecule has 0 saturated heterocycles. The highest BCUT2D eigenvalue weighted by atomic mass is 35.5. The fraction of sp³-hybridized carbons (Fsp3) is 0.143. The van der Waals surface area contributed by atoms with Gasteiger partial charge < -0.3 is 4.74 Å². The number of carbonyl (C=O) groups excluding carboxylic acids is 1. The molecule has 1 heterocycles. The minimum absolute atomic E-state index is 0.121. The molecule has 0 aromatic carbocycles. The van der Waals surface area contributed by atoms with Crippen LogP contribution in [-0.2, 0) is 16.1 Å². The maximum absolute atomic E-state index is 9.68. The molecule has 0 N–H and O–H groups in total. The number of aromatic nitrogens is 1. The predicted octanol–water partition coefficient (Wildman–Crippen LogP) is 1.32. The molecule has 0 saturated carbocycles. The smallest absolute Gasteiger partial charge is 0.417 e. The van der Waals surface area contributed by atoms with Crippen molar-refractivity contribution in [2.24, 2.45) is 0 Å². The van der Waals surface area contributed by atoms with Crippen LogP contribution in [0.3, 0.4) is 0 Å². The standard InChI is InChI=1S/C7H5ClNO2/c8-7-6(4-11-5-10)2-1-3-9-7/h1-3H,4H2. The molecule has 0 fully saturated rings. The molecule has 1 rings (SSSR count). The van der Waals surface area contributed by atoms with Crippen LogP contribution in [0.5, 0.6) is 0 Å². The van der Waals surface area contributed by atoms with E-state index in [0.29, 0.717) is 10.7 Å². The number of ether oxygens (including phenoxy) is 1. The van der Waals surface area contributed by atoms with Crippen molar-refractivity contribution in [3.05, 3.63) is 29.0 Å². The van der Waals surface area contributed by atoms with E-state index in [1.54, 1.807) is 18.3 Å². The van der Waals surface area contributed by atoms with Crippen molar-refractivity contribution in [2.75, 3.05) is 0 Å².